The summed E-state index contributed by atoms with van der Waals surface area (Å²) in [5.74, 6) is -3.02. The minimum absolute atomic E-state index is 0. The molecule has 2 fully saturated rings. The predicted octanol–water partition coefficient (Wildman–Crippen LogP) is -2.17. The summed E-state index contributed by atoms with van der Waals surface area (Å²) >= 11 is 5.14. The summed E-state index contributed by atoms with van der Waals surface area (Å²) < 4.78 is 72.2. The molecular formula is C30H36BBrCs2F6N10O7S2. The number of alkyl halides is 6. The van der Waals surface area contributed by atoms with Crippen LogP contribution in [0.2, 0.25) is 0 Å². The molecule has 314 valence electrons. The van der Waals surface area contributed by atoms with Gasteiger partial charge < -0.3 is 42.1 Å². The summed E-state index contributed by atoms with van der Waals surface area (Å²) in [6.45, 7) is 5.96. The number of nitrogens with one attached hydrogen (secondary N) is 2. The van der Waals surface area contributed by atoms with Crippen LogP contribution in [0.15, 0.2) is 39.5 Å². The van der Waals surface area contributed by atoms with Gasteiger partial charge in [-0.05, 0) is 55.5 Å². The van der Waals surface area contributed by atoms with Crippen molar-refractivity contribution in [1.82, 2.24) is 29.9 Å². The van der Waals surface area contributed by atoms with Crippen molar-refractivity contribution >= 4 is 93.0 Å². The first-order valence-electron chi connectivity index (χ1n) is 15.9. The Bertz CT molecular complexity index is 1880. The van der Waals surface area contributed by atoms with Gasteiger partial charge in [0.25, 0.3) is 6.47 Å². The number of halogens is 7. The van der Waals surface area contributed by atoms with Gasteiger partial charge in [0.1, 0.15) is 16.6 Å². The first-order valence-corrected chi connectivity index (χ1v) is 18.5. The van der Waals surface area contributed by atoms with Crippen LogP contribution in [0.1, 0.15) is 48.4 Å². The first-order chi connectivity index (χ1) is 26.3. The molecule has 0 radical (unpaired) electrons. The minimum Gasteiger partial charge on any atom is -1.00 e. The fourth-order valence-corrected chi connectivity index (χ4v) is 6.47. The maximum atomic E-state index is 12.2. The van der Waals surface area contributed by atoms with Crippen LogP contribution in [-0.2, 0) is 19.3 Å². The molecule has 0 spiro atoms. The van der Waals surface area contributed by atoms with E-state index in [1.807, 2.05) is 0 Å². The van der Waals surface area contributed by atoms with Crippen molar-refractivity contribution in [2.75, 3.05) is 33.5 Å². The van der Waals surface area contributed by atoms with Crippen LogP contribution in [0.5, 0.6) is 0 Å². The molecule has 0 unspecified atom stereocenters. The number of hydrogen-bond acceptors (Lipinski definition) is 17. The van der Waals surface area contributed by atoms with Crippen molar-refractivity contribution in [2.45, 2.75) is 71.4 Å². The van der Waals surface area contributed by atoms with Gasteiger partial charge in [0, 0.05) is 71.7 Å². The largest absolute Gasteiger partial charge is 1.00 e. The zero-order valence-electron chi connectivity index (χ0n) is 32.0. The van der Waals surface area contributed by atoms with Gasteiger partial charge in [0.05, 0.1) is 0 Å². The maximum absolute atomic E-state index is 12.2. The van der Waals surface area contributed by atoms with Gasteiger partial charge in [-0.3, -0.25) is 14.4 Å². The number of hydrogen-bond donors (Lipinski definition) is 4. The Morgan fingerprint density at radius 2 is 1.27 bits per heavy atom. The fraction of sp³-hybridized carbons (Fsp3) is 0.433. The van der Waals surface area contributed by atoms with Crippen LogP contribution < -0.4 is 169 Å². The van der Waals surface area contributed by atoms with Crippen molar-refractivity contribution in [3.05, 3.63) is 39.5 Å². The average Bonchev–Trinajstić information content (AvgIpc) is 3.98. The van der Waals surface area contributed by atoms with Gasteiger partial charge in [-0.2, -0.15) is 26.3 Å². The summed E-state index contributed by atoms with van der Waals surface area (Å²) in [7, 11) is -1.49. The van der Waals surface area contributed by atoms with Gasteiger partial charge in [-0.15, -0.1) is 22.7 Å². The molecule has 2 aliphatic heterocycles. The Balaban J connectivity index is 0. The Hall–Kier alpha value is -0.461. The van der Waals surface area contributed by atoms with E-state index in [0.717, 1.165) is 61.4 Å². The van der Waals surface area contributed by atoms with Crippen molar-refractivity contribution in [3.8, 4) is 10.6 Å². The van der Waals surface area contributed by atoms with Crippen LogP contribution in [0, 0.1) is 0 Å². The Labute approximate surface area is 469 Å². The van der Waals surface area contributed by atoms with E-state index < -0.39 is 31.3 Å². The van der Waals surface area contributed by atoms with E-state index in [2.05, 4.69) is 74.4 Å². The van der Waals surface area contributed by atoms with Gasteiger partial charge in [-0.1, -0.05) is 7.43 Å². The normalized spacial score (nSPS) is 15.5. The SMILES string of the molecule is C.C[C@@H]1CCCN1c1ncc(-c2nc(NC(=O)C(F)(F)F)cs2)cn1.C[C@@H]1CCCN1c1ncc(B(O)O)cn1.O=C(Nc1csc(Br)n1)C(F)(F)F.O=CO[O-].[Cs+].[Cs+].[H-]. The number of rotatable bonds is 7. The second-order valence-corrected chi connectivity index (χ2v) is 14.4. The predicted molar refractivity (Wildman–Crippen MR) is 201 cm³/mol. The number of thiazole rings is 2. The van der Waals surface area contributed by atoms with E-state index in [0.29, 0.717) is 43.9 Å². The number of nitrogens with zero attached hydrogens (tertiary/aromatic N) is 8. The standard InChI is InChI=1S/C14H14F3N5OS.C9H14BN3O2.C5H2BrF3N2OS.CH2O3.CH4.2Cs.H/c1-8-3-2-4-22(8)13-18-5-9(6-19-13)11-20-10(7-24-11)21-12(23)14(15,16)17;1-7-3-2-4-13(7)9-11-5-8(6-12-9)10(14)15;6-4-11-2(1-13-4)10-3(12)5(7,8)9;2-1-4-3;;;;/h5-8H,2-4H2,1H3,(H,21,23);5-7,14-15H,2-4H2,1H3;1H,(H,10,12);1,3H;1H4;;;/q;;;;;2*+1;-1/p-1/t8-;7-;;;;;;/m11....../s1. The molecule has 0 bridgehead atoms. The van der Waals surface area contributed by atoms with Crippen molar-refractivity contribution in [1.29, 1.82) is 0 Å². The molecule has 29 heteroatoms. The quantitative estimate of drug-likeness (QED) is 0.0508. The van der Waals surface area contributed by atoms with E-state index in [-0.39, 0.29) is 165 Å². The Morgan fingerprint density at radius 1 is 0.864 bits per heavy atom. The third-order valence-electron chi connectivity index (χ3n) is 7.48. The van der Waals surface area contributed by atoms with Crippen LogP contribution in [-0.4, -0.2) is 103 Å². The Kier molecular flexibility index (Phi) is 28.1. The molecule has 4 N–H and O–H groups in total. The van der Waals surface area contributed by atoms with E-state index >= 15 is 0 Å². The molecule has 4 aromatic rings. The summed E-state index contributed by atoms with van der Waals surface area (Å²) in [6, 6.07) is 0.856. The molecule has 0 aromatic carbocycles. The van der Waals surface area contributed by atoms with Crippen LogP contribution in [0.25, 0.3) is 10.6 Å². The molecule has 6 heterocycles. The zero-order valence-corrected chi connectivity index (χ0v) is 46.8. The van der Waals surface area contributed by atoms with Crippen molar-refractivity contribution < 1.29 is 200 Å². The van der Waals surface area contributed by atoms with Crippen molar-refractivity contribution in [2.24, 2.45) is 0 Å². The van der Waals surface area contributed by atoms with Gasteiger partial charge in [0.15, 0.2) is 3.92 Å². The van der Waals surface area contributed by atoms with Crippen molar-refractivity contribution in [3.63, 3.8) is 0 Å². The van der Waals surface area contributed by atoms with E-state index in [9.17, 15) is 35.9 Å². The molecule has 2 amide bonds. The topological polar surface area (TPSA) is 232 Å². The first kappa shape index (κ1) is 58.5. The Morgan fingerprint density at radius 3 is 1.61 bits per heavy atom. The molecule has 17 nitrogen and oxygen atoms in total. The third-order valence-corrected chi connectivity index (χ3v) is 9.74. The van der Waals surface area contributed by atoms with Gasteiger partial charge in [0.2, 0.25) is 11.9 Å². The molecule has 59 heavy (non-hydrogen) atoms. The third kappa shape index (κ3) is 19.9. The van der Waals surface area contributed by atoms with Crippen LogP contribution in [0.4, 0.5) is 49.9 Å². The summed E-state index contributed by atoms with van der Waals surface area (Å²) in [5.41, 5.74) is 0.911. The number of carbonyl (C=O) groups excluding carboxylic acids is 3. The van der Waals surface area contributed by atoms with E-state index in [1.54, 1.807) is 23.0 Å². The molecule has 0 aliphatic carbocycles. The number of aromatic nitrogens is 6. The molecule has 2 aliphatic rings. The molecule has 0 saturated carbocycles. The molecule has 4 aromatic heterocycles. The number of amides is 2. The van der Waals surface area contributed by atoms with E-state index in [1.165, 1.54) is 23.2 Å². The molecule has 6 rings (SSSR count). The van der Waals surface area contributed by atoms with Crippen LogP contribution >= 0.6 is 38.6 Å². The van der Waals surface area contributed by atoms with Crippen LogP contribution in [0.3, 0.4) is 0 Å². The van der Waals surface area contributed by atoms with Gasteiger partial charge >= 0.3 is 169 Å². The molecular weight excluding hydrogens is 1150 g/mol. The maximum Gasteiger partial charge on any atom is 1.00 e. The second kappa shape index (κ2) is 28.4. The molecule has 2 atom stereocenters. The monoisotopic (exact) mass is 1180 g/mol. The summed E-state index contributed by atoms with van der Waals surface area (Å²) in [6.07, 6.45) is 0.778. The second-order valence-electron chi connectivity index (χ2n) is 11.5. The van der Waals surface area contributed by atoms with Gasteiger partial charge in [-0.25, -0.2) is 29.9 Å². The zero-order chi connectivity index (χ0) is 41.6. The smallest absolute Gasteiger partial charge is 1.00 e. The minimum atomic E-state index is -4.94. The number of carbonyl (C=O) groups is 3. The summed E-state index contributed by atoms with van der Waals surface area (Å²) in [5, 5.41) is 32.6. The average molecular weight is 1180 g/mol. The number of anilines is 4. The molecule has 2 saturated heterocycles. The summed E-state index contributed by atoms with van der Waals surface area (Å²) in [4.78, 5) is 61.2. The van der Waals surface area contributed by atoms with E-state index in [4.69, 9.17) is 20.1 Å². The fourth-order valence-electron chi connectivity index (χ4n) is 4.80.